The van der Waals surface area contributed by atoms with Crippen LogP contribution in [-0.4, -0.2) is 41.9 Å². The summed E-state index contributed by atoms with van der Waals surface area (Å²) in [6, 6.07) is 36.6. The summed E-state index contributed by atoms with van der Waals surface area (Å²) in [6.45, 7) is 0.457. The maximum Gasteiger partial charge on any atom is 0.354 e. The molecule has 0 amide bonds. The van der Waals surface area contributed by atoms with Crippen molar-refractivity contribution in [1.29, 1.82) is 0 Å². The van der Waals surface area contributed by atoms with Crippen LogP contribution in [0.4, 0.5) is 0 Å². The van der Waals surface area contributed by atoms with Gasteiger partial charge in [0.2, 0.25) is 0 Å². The van der Waals surface area contributed by atoms with Crippen molar-refractivity contribution >= 4 is 11.7 Å². The minimum absolute atomic E-state index is 0.229. The van der Waals surface area contributed by atoms with Crippen molar-refractivity contribution < 1.29 is 24.6 Å². The highest BCUT2D eigenvalue weighted by atomic mass is 16.5. The van der Waals surface area contributed by atoms with Crippen molar-refractivity contribution in [1.82, 2.24) is 19.9 Å². The molecule has 0 spiro atoms. The van der Waals surface area contributed by atoms with Gasteiger partial charge in [-0.2, -0.15) is 0 Å². The molecule has 2 aromatic carbocycles. The zero-order valence-corrected chi connectivity index (χ0v) is 25.0. The highest BCUT2D eigenvalue weighted by molar-refractivity contribution is 6.38. The summed E-state index contributed by atoms with van der Waals surface area (Å²) in [5.41, 5.74) is 5.29. The summed E-state index contributed by atoms with van der Waals surface area (Å²) in [7, 11) is 0. The molecule has 0 saturated heterocycles. The number of ether oxygens (including phenoxy) is 2. The molecule has 4 aromatic heterocycles. The van der Waals surface area contributed by atoms with Crippen molar-refractivity contribution in [2.75, 3.05) is 0 Å². The molecule has 0 aliphatic rings. The fourth-order valence-electron chi connectivity index (χ4n) is 4.99. The van der Waals surface area contributed by atoms with Crippen LogP contribution in [0.25, 0.3) is 22.8 Å². The van der Waals surface area contributed by atoms with E-state index in [1.165, 1.54) is 0 Å². The Balaban J connectivity index is 1.14. The molecule has 232 valence electrons. The first-order valence-electron chi connectivity index (χ1n) is 14.7. The van der Waals surface area contributed by atoms with E-state index in [1.54, 1.807) is 60.9 Å². The van der Waals surface area contributed by atoms with E-state index in [1.807, 2.05) is 72.8 Å². The second-order valence-corrected chi connectivity index (χ2v) is 10.4. The van der Waals surface area contributed by atoms with Crippen molar-refractivity contribution in [3.8, 4) is 34.3 Å². The van der Waals surface area contributed by atoms with Gasteiger partial charge in [0.25, 0.3) is 0 Å². The molecular weight excluding hydrogens is 594 g/mol. The average molecular weight is 624 g/mol. The van der Waals surface area contributed by atoms with Crippen molar-refractivity contribution in [2.24, 2.45) is 5.16 Å². The molecule has 0 aliphatic carbocycles. The molecule has 0 unspecified atom stereocenters. The molecule has 0 fully saturated rings. The SMILES string of the molecule is O=C(O)C(=NO)C(c1ccc(OCc2cccc(-c3ccccn3)n2)cc1)c1ccc(OCc2cccc(-c3ccccn3)n2)cc1. The third kappa shape index (κ3) is 7.63. The van der Waals surface area contributed by atoms with Gasteiger partial charge in [0.15, 0.2) is 5.71 Å². The lowest BCUT2D eigenvalue weighted by atomic mass is 9.87. The zero-order chi connectivity index (χ0) is 32.4. The van der Waals surface area contributed by atoms with Crippen molar-refractivity contribution in [3.05, 3.63) is 156 Å². The van der Waals surface area contributed by atoms with Gasteiger partial charge in [-0.05, 0) is 83.9 Å². The molecule has 4 heterocycles. The monoisotopic (exact) mass is 623 g/mol. The van der Waals surface area contributed by atoms with Crippen LogP contribution in [0, 0.1) is 0 Å². The van der Waals surface area contributed by atoms with Crippen LogP contribution in [0.2, 0.25) is 0 Å². The number of hydrogen-bond acceptors (Lipinski definition) is 9. The van der Waals surface area contributed by atoms with E-state index in [2.05, 4.69) is 25.1 Å². The second-order valence-electron chi connectivity index (χ2n) is 10.4. The lowest BCUT2D eigenvalue weighted by Crippen LogP contribution is -2.23. The molecule has 6 rings (SSSR count). The van der Waals surface area contributed by atoms with E-state index in [9.17, 15) is 15.1 Å². The van der Waals surface area contributed by atoms with Crippen molar-refractivity contribution in [3.63, 3.8) is 0 Å². The highest BCUT2D eigenvalue weighted by Crippen LogP contribution is 2.30. The van der Waals surface area contributed by atoms with Crippen LogP contribution < -0.4 is 9.47 Å². The Kier molecular flexibility index (Phi) is 9.49. The summed E-state index contributed by atoms with van der Waals surface area (Å²) in [4.78, 5) is 30.0. The summed E-state index contributed by atoms with van der Waals surface area (Å²) in [5, 5.41) is 22.6. The van der Waals surface area contributed by atoms with E-state index in [-0.39, 0.29) is 13.2 Å². The standard InChI is InChI=1S/C37H29N5O5/c43-37(44)36(42-45)35(25-13-17-29(18-14-25)46-23-27-7-5-11-33(40-27)31-9-1-3-21-38-31)26-15-19-30(20-16-26)47-24-28-8-6-12-34(41-28)32-10-2-4-22-39-32/h1-22,35,45H,23-24H2,(H,43,44). The first-order chi connectivity index (χ1) is 23.1. The second kappa shape index (κ2) is 14.6. The van der Waals surface area contributed by atoms with E-state index in [4.69, 9.17) is 9.47 Å². The first-order valence-corrected chi connectivity index (χ1v) is 14.7. The quantitative estimate of drug-likeness (QED) is 0.0855. The average Bonchev–Trinajstić information content (AvgIpc) is 3.13. The van der Waals surface area contributed by atoms with Gasteiger partial charge in [0.1, 0.15) is 24.7 Å². The largest absolute Gasteiger partial charge is 0.487 e. The predicted molar refractivity (Wildman–Crippen MR) is 175 cm³/mol. The fourth-order valence-corrected chi connectivity index (χ4v) is 4.99. The number of hydrogen-bond donors (Lipinski definition) is 2. The molecule has 0 atom stereocenters. The number of carboxylic acid groups (broad SMARTS) is 1. The molecule has 0 radical (unpaired) electrons. The smallest absolute Gasteiger partial charge is 0.354 e. The third-order valence-electron chi connectivity index (χ3n) is 7.27. The molecule has 0 saturated carbocycles. The van der Waals surface area contributed by atoms with Crippen LogP contribution in [0.1, 0.15) is 28.4 Å². The Bertz CT molecular complexity index is 1840. The summed E-state index contributed by atoms with van der Waals surface area (Å²) < 4.78 is 11.9. The predicted octanol–water partition coefficient (Wildman–Crippen LogP) is 6.81. The summed E-state index contributed by atoms with van der Waals surface area (Å²) >= 11 is 0. The lowest BCUT2D eigenvalue weighted by molar-refractivity contribution is -0.129. The summed E-state index contributed by atoms with van der Waals surface area (Å²) in [5.74, 6) is -1.05. The van der Waals surface area contributed by atoms with Crippen LogP contribution in [-0.2, 0) is 18.0 Å². The number of benzene rings is 2. The maximum atomic E-state index is 12.1. The Morgan fingerprint density at radius 3 is 1.43 bits per heavy atom. The van der Waals surface area contributed by atoms with E-state index in [0.29, 0.717) is 22.6 Å². The van der Waals surface area contributed by atoms with Crippen molar-refractivity contribution in [2.45, 2.75) is 19.1 Å². The molecule has 10 heteroatoms. The van der Waals surface area contributed by atoms with Gasteiger partial charge < -0.3 is 19.8 Å². The van der Waals surface area contributed by atoms with Crippen LogP contribution >= 0.6 is 0 Å². The maximum absolute atomic E-state index is 12.1. The molecule has 2 N–H and O–H groups in total. The topological polar surface area (TPSA) is 140 Å². The van der Waals surface area contributed by atoms with Gasteiger partial charge in [-0.15, -0.1) is 0 Å². The fraction of sp³-hybridized carbons (Fsp3) is 0.0811. The van der Waals surface area contributed by atoms with E-state index in [0.717, 1.165) is 34.2 Å². The van der Waals surface area contributed by atoms with Gasteiger partial charge in [0, 0.05) is 12.4 Å². The molecule has 10 nitrogen and oxygen atoms in total. The third-order valence-corrected chi connectivity index (χ3v) is 7.27. The molecular formula is C37H29N5O5. The minimum Gasteiger partial charge on any atom is -0.487 e. The first kappa shape index (κ1) is 30.6. The minimum atomic E-state index is -1.34. The zero-order valence-electron chi connectivity index (χ0n) is 25.0. The summed E-state index contributed by atoms with van der Waals surface area (Å²) in [6.07, 6.45) is 3.44. The highest BCUT2D eigenvalue weighted by Gasteiger charge is 2.27. The molecule has 47 heavy (non-hydrogen) atoms. The number of rotatable bonds is 12. The number of carboxylic acids is 1. The Morgan fingerprint density at radius 2 is 1.04 bits per heavy atom. The van der Waals surface area contributed by atoms with Crippen LogP contribution in [0.15, 0.2) is 139 Å². The Morgan fingerprint density at radius 1 is 0.596 bits per heavy atom. The van der Waals surface area contributed by atoms with Crippen LogP contribution in [0.5, 0.6) is 11.5 Å². The van der Waals surface area contributed by atoms with Gasteiger partial charge in [-0.25, -0.2) is 14.8 Å². The van der Waals surface area contributed by atoms with Gasteiger partial charge >= 0.3 is 5.97 Å². The Labute approximate surface area is 270 Å². The van der Waals surface area contributed by atoms with Crippen LogP contribution in [0.3, 0.4) is 0 Å². The van der Waals surface area contributed by atoms with E-state index < -0.39 is 17.6 Å². The van der Waals surface area contributed by atoms with Gasteiger partial charge in [-0.3, -0.25) is 9.97 Å². The number of carbonyl (C=O) groups is 1. The Hall–Kier alpha value is -6.42. The number of pyridine rings is 4. The lowest BCUT2D eigenvalue weighted by Gasteiger charge is -2.18. The molecule has 0 bridgehead atoms. The molecule has 0 aliphatic heterocycles. The molecule has 6 aromatic rings. The van der Waals surface area contributed by atoms with Gasteiger partial charge in [-0.1, -0.05) is 53.7 Å². The van der Waals surface area contributed by atoms with E-state index >= 15 is 0 Å². The number of aromatic nitrogens is 4. The van der Waals surface area contributed by atoms with Gasteiger partial charge in [0.05, 0.1) is 40.1 Å². The normalized spacial score (nSPS) is 11.3. The number of nitrogens with zero attached hydrogens (tertiary/aromatic N) is 5. The number of aliphatic carboxylic acids is 1. The number of oxime groups is 1.